The van der Waals surface area contributed by atoms with Crippen LogP contribution in [-0.2, 0) is 9.59 Å². The molecule has 0 bridgehead atoms. The summed E-state index contributed by atoms with van der Waals surface area (Å²) in [6, 6.07) is 7.00. The number of hydrogen-bond donors (Lipinski definition) is 1. The van der Waals surface area contributed by atoms with Crippen LogP contribution in [0.25, 0.3) is 0 Å². The molecule has 0 unspecified atom stereocenters. The second-order valence-corrected chi connectivity index (χ2v) is 4.92. The molecule has 1 aliphatic heterocycles. The molecular weight excluding hydrogens is 240 g/mol. The molecule has 0 aliphatic carbocycles. The van der Waals surface area contributed by atoms with Crippen LogP contribution in [0.5, 0.6) is 0 Å². The van der Waals surface area contributed by atoms with Gasteiger partial charge in [-0.2, -0.15) is 0 Å². The zero-order chi connectivity index (χ0) is 12.6. The fourth-order valence-electron chi connectivity index (χ4n) is 1.86. The van der Waals surface area contributed by atoms with Crippen molar-refractivity contribution in [1.82, 2.24) is 5.32 Å². The number of carbonyl (C=O) groups is 2. The summed E-state index contributed by atoms with van der Waals surface area (Å²) >= 11 is 6.04. The number of benzene rings is 1. The van der Waals surface area contributed by atoms with E-state index >= 15 is 0 Å². The predicted octanol–water partition coefficient (Wildman–Crippen LogP) is 1.58. The molecule has 1 aliphatic rings. The van der Waals surface area contributed by atoms with Gasteiger partial charge in [0.2, 0.25) is 5.91 Å². The zero-order valence-electron chi connectivity index (χ0n) is 9.66. The van der Waals surface area contributed by atoms with Gasteiger partial charge in [-0.25, -0.2) is 0 Å². The lowest BCUT2D eigenvalue weighted by molar-refractivity contribution is -0.134. The van der Waals surface area contributed by atoms with Gasteiger partial charge in [0.05, 0.1) is 10.7 Å². The van der Waals surface area contributed by atoms with Crippen molar-refractivity contribution < 1.29 is 9.59 Å². The highest BCUT2D eigenvalue weighted by molar-refractivity contribution is 6.34. The van der Waals surface area contributed by atoms with Gasteiger partial charge >= 0.3 is 0 Å². The fourth-order valence-corrected chi connectivity index (χ4v) is 2.10. The lowest BCUT2D eigenvalue weighted by Gasteiger charge is -2.37. The molecule has 2 rings (SSSR count). The second-order valence-electron chi connectivity index (χ2n) is 4.52. The minimum absolute atomic E-state index is 0.00595. The van der Waals surface area contributed by atoms with Gasteiger partial charge in [0, 0.05) is 0 Å². The van der Waals surface area contributed by atoms with E-state index in [-0.39, 0.29) is 18.4 Å². The van der Waals surface area contributed by atoms with Crippen LogP contribution in [0.1, 0.15) is 13.8 Å². The van der Waals surface area contributed by atoms with Crippen LogP contribution in [0.2, 0.25) is 5.02 Å². The number of para-hydroxylation sites is 1. The maximum atomic E-state index is 12.2. The van der Waals surface area contributed by atoms with Crippen molar-refractivity contribution in [2.24, 2.45) is 0 Å². The molecule has 1 heterocycles. The van der Waals surface area contributed by atoms with Crippen LogP contribution < -0.4 is 10.2 Å². The molecule has 1 saturated heterocycles. The summed E-state index contributed by atoms with van der Waals surface area (Å²) in [5, 5.41) is 3.12. The smallest absolute Gasteiger partial charge is 0.252 e. The molecule has 4 nitrogen and oxygen atoms in total. The van der Waals surface area contributed by atoms with Gasteiger partial charge in [0.15, 0.2) is 0 Å². The van der Waals surface area contributed by atoms with Crippen LogP contribution in [-0.4, -0.2) is 23.9 Å². The summed E-state index contributed by atoms with van der Waals surface area (Å²) in [6.45, 7) is 3.36. The van der Waals surface area contributed by atoms with E-state index in [4.69, 9.17) is 11.6 Å². The number of rotatable bonds is 1. The van der Waals surface area contributed by atoms with E-state index in [1.165, 1.54) is 4.90 Å². The van der Waals surface area contributed by atoms with Crippen LogP contribution in [0.15, 0.2) is 24.3 Å². The SMILES string of the molecule is CC1(C)NC(=O)CN(c2ccccc2Cl)C1=O. The zero-order valence-corrected chi connectivity index (χ0v) is 10.4. The summed E-state index contributed by atoms with van der Waals surface area (Å²) in [5.74, 6) is -0.347. The number of anilines is 1. The van der Waals surface area contributed by atoms with Crippen LogP contribution >= 0.6 is 11.6 Å². The van der Waals surface area contributed by atoms with Crippen LogP contribution in [0.3, 0.4) is 0 Å². The molecule has 5 heteroatoms. The average molecular weight is 253 g/mol. The first-order chi connectivity index (χ1) is 7.92. The van der Waals surface area contributed by atoms with Crippen molar-refractivity contribution in [3.05, 3.63) is 29.3 Å². The molecule has 0 atom stereocenters. The molecule has 0 aromatic heterocycles. The molecule has 1 aromatic carbocycles. The van der Waals surface area contributed by atoms with E-state index in [2.05, 4.69) is 5.32 Å². The highest BCUT2D eigenvalue weighted by atomic mass is 35.5. The van der Waals surface area contributed by atoms with Crippen molar-refractivity contribution in [2.75, 3.05) is 11.4 Å². The minimum Gasteiger partial charge on any atom is -0.341 e. The number of piperazine rings is 1. The standard InChI is InChI=1S/C12H13ClN2O2/c1-12(2)11(17)15(7-10(16)14-12)9-6-4-3-5-8(9)13/h3-6H,7H2,1-2H3,(H,14,16). The Morgan fingerprint density at radius 2 is 1.94 bits per heavy atom. The maximum Gasteiger partial charge on any atom is 0.252 e. The first-order valence-electron chi connectivity index (χ1n) is 5.29. The van der Waals surface area contributed by atoms with Crippen molar-refractivity contribution in [3.63, 3.8) is 0 Å². The van der Waals surface area contributed by atoms with E-state index < -0.39 is 5.54 Å². The molecule has 1 N–H and O–H groups in total. The summed E-state index contributed by atoms with van der Waals surface area (Å²) in [5.41, 5.74) is -0.323. The van der Waals surface area contributed by atoms with Gasteiger partial charge in [-0.1, -0.05) is 23.7 Å². The molecule has 0 saturated carbocycles. The molecule has 0 spiro atoms. The molecular formula is C12H13ClN2O2. The number of nitrogens with zero attached hydrogens (tertiary/aromatic N) is 1. The Labute approximate surface area is 105 Å². The largest absolute Gasteiger partial charge is 0.341 e. The molecule has 2 amide bonds. The van der Waals surface area contributed by atoms with E-state index in [0.717, 1.165) is 0 Å². The molecule has 1 aromatic rings. The Bertz CT molecular complexity index is 485. The van der Waals surface area contributed by atoms with Crippen molar-refractivity contribution >= 4 is 29.1 Å². The Balaban J connectivity index is 2.42. The van der Waals surface area contributed by atoms with Gasteiger partial charge in [0.1, 0.15) is 12.1 Å². The van der Waals surface area contributed by atoms with Crippen LogP contribution in [0, 0.1) is 0 Å². The number of hydrogen-bond acceptors (Lipinski definition) is 2. The third kappa shape index (κ3) is 2.13. The summed E-state index contributed by atoms with van der Waals surface area (Å²) < 4.78 is 0. The topological polar surface area (TPSA) is 49.4 Å². The Morgan fingerprint density at radius 1 is 1.29 bits per heavy atom. The first-order valence-corrected chi connectivity index (χ1v) is 5.67. The maximum absolute atomic E-state index is 12.2. The Hall–Kier alpha value is -1.55. The molecule has 17 heavy (non-hydrogen) atoms. The van der Waals surface area contributed by atoms with E-state index in [9.17, 15) is 9.59 Å². The van der Waals surface area contributed by atoms with Crippen LogP contribution in [0.4, 0.5) is 5.69 Å². The molecule has 90 valence electrons. The van der Waals surface area contributed by atoms with Crippen molar-refractivity contribution in [2.45, 2.75) is 19.4 Å². The quantitative estimate of drug-likeness (QED) is 0.825. The third-order valence-electron chi connectivity index (χ3n) is 2.68. The summed E-state index contributed by atoms with van der Waals surface area (Å²) in [4.78, 5) is 25.2. The monoisotopic (exact) mass is 252 g/mol. The summed E-state index contributed by atoms with van der Waals surface area (Å²) in [7, 11) is 0. The number of amides is 2. The molecule has 1 fully saturated rings. The lowest BCUT2D eigenvalue weighted by Crippen LogP contribution is -2.64. The average Bonchev–Trinajstić information content (AvgIpc) is 2.24. The Kier molecular flexibility index (Phi) is 2.83. The minimum atomic E-state index is -0.894. The fraction of sp³-hybridized carbons (Fsp3) is 0.333. The van der Waals surface area contributed by atoms with Gasteiger partial charge in [-0.15, -0.1) is 0 Å². The first kappa shape index (κ1) is 11.9. The molecule has 0 radical (unpaired) electrons. The Morgan fingerprint density at radius 3 is 2.59 bits per heavy atom. The third-order valence-corrected chi connectivity index (χ3v) is 3.00. The van der Waals surface area contributed by atoms with Crippen molar-refractivity contribution in [1.29, 1.82) is 0 Å². The number of halogens is 1. The predicted molar refractivity (Wildman–Crippen MR) is 66.0 cm³/mol. The van der Waals surface area contributed by atoms with Gasteiger partial charge < -0.3 is 5.32 Å². The highest BCUT2D eigenvalue weighted by Crippen LogP contribution is 2.28. The van der Waals surface area contributed by atoms with E-state index in [1.807, 2.05) is 0 Å². The van der Waals surface area contributed by atoms with Crippen molar-refractivity contribution in [3.8, 4) is 0 Å². The second kappa shape index (κ2) is 4.04. The van der Waals surface area contributed by atoms with Gasteiger partial charge in [-0.3, -0.25) is 14.5 Å². The van der Waals surface area contributed by atoms with Gasteiger partial charge in [-0.05, 0) is 26.0 Å². The normalized spacial score (nSPS) is 19.1. The van der Waals surface area contributed by atoms with E-state index in [0.29, 0.717) is 10.7 Å². The lowest BCUT2D eigenvalue weighted by atomic mass is 10.00. The highest BCUT2D eigenvalue weighted by Gasteiger charge is 2.40. The van der Waals surface area contributed by atoms with Gasteiger partial charge in [0.25, 0.3) is 5.91 Å². The summed E-state index contributed by atoms with van der Waals surface area (Å²) in [6.07, 6.45) is 0. The van der Waals surface area contributed by atoms with E-state index in [1.54, 1.807) is 38.1 Å². The number of nitrogens with one attached hydrogen (secondary N) is 1. The number of carbonyl (C=O) groups excluding carboxylic acids is 2.